The predicted octanol–water partition coefficient (Wildman–Crippen LogP) is 2.97. The number of allylic oxidation sites excluding steroid dienone is 3. The minimum Gasteiger partial charge on any atom is -0.423 e. The summed E-state index contributed by atoms with van der Waals surface area (Å²) in [6, 6.07) is 0. The standard InChI is InChI=1S/C14H28O2Si/c1-14(2,3)17-16-13-11-9-7-5-4-6-8-10-12-15/h4-5,8,10,15H,6-7,9,11-13,17H2,1-3H3. The van der Waals surface area contributed by atoms with Crippen LogP contribution in [0.2, 0.25) is 5.04 Å². The molecule has 0 aromatic carbocycles. The second-order valence-electron chi connectivity index (χ2n) is 5.47. The zero-order chi connectivity index (χ0) is 13.0. The quantitative estimate of drug-likeness (QED) is 0.390. The second kappa shape index (κ2) is 10.8. The molecule has 0 aromatic heterocycles. The van der Waals surface area contributed by atoms with Gasteiger partial charge < -0.3 is 9.53 Å². The van der Waals surface area contributed by atoms with Crippen molar-refractivity contribution in [3.8, 4) is 0 Å². The van der Waals surface area contributed by atoms with Gasteiger partial charge in [0.2, 0.25) is 0 Å². The Labute approximate surface area is 109 Å². The van der Waals surface area contributed by atoms with Crippen LogP contribution in [-0.2, 0) is 4.43 Å². The number of aliphatic hydroxyl groups excluding tert-OH is 1. The molecule has 0 atom stereocenters. The SMILES string of the molecule is CC(C)(C)[SiH2]OCCCCC=CCC=CCO. The van der Waals surface area contributed by atoms with Crippen molar-refractivity contribution in [2.45, 2.75) is 51.5 Å². The molecule has 0 amide bonds. The van der Waals surface area contributed by atoms with Crippen molar-refractivity contribution < 1.29 is 9.53 Å². The van der Waals surface area contributed by atoms with Crippen molar-refractivity contribution in [2.24, 2.45) is 0 Å². The lowest BCUT2D eigenvalue weighted by molar-refractivity contribution is 0.310. The molecular formula is C14H28O2Si. The molecule has 0 aliphatic heterocycles. The van der Waals surface area contributed by atoms with Gasteiger partial charge in [-0.05, 0) is 30.7 Å². The molecule has 0 radical (unpaired) electrons. The van der Waals surface area contributed by atoms with Crippen LogP contribution in [0.5, 0.6) is 0 Å². The molecule has 100 valence electrons. The van der Waals surface area contributed by atoms with Crippen LogP contribution in [0.15, 0.2) is 24.3 Å². The summed E-state index contributed by atoms with van der Waals surface area (Å²) in [4.78, 5) is 0. The first-order valence-electron chi connectivity index (χ1n) is 6.55. The average molecular weight is 256 g/mol. The van der Waals surface area contributed by atoms with Crippen molar-refractivity contribution in [3.05, 3.63) is 24.3 Å². The van der Waals surface area contributed by atoms with E-state index in [2.05, 4.69) is 32.9 Å². The summed E-state index contributed by atoms with van der Waals surface area (Å²) < 4.78 is 5.73. The summed E-state index contributed by atoms with van der Waals surface area (Å²) in [5.74, 6) is 0. The first kappa shape index (κ1) is 16.6. The smallest absolute Gasteiger partial charge is 0.166 e. The van der Waals surface area contributed by atoms with Gasteiger partial charge in [0.1, 0.15) is 0 Å². The van der Waals surface area contributed by atoms with Gasteiger partial charge in [0.15, 0.2) is 9.76 Å². The molecule has 2 nitrogen and oxygen atoms in total. The molecule has 0 fully saturated rings. The van der Waals surface area contributed by atoms with Gasteiger partial charge in [0, 0.05) is 6.61 Å². The third kappa shape index (κ3) is 15.6. The Hall–Kier alpha value is -0.383. The molecule has 17 heavy (non-hydrogen) atoms. The Balaban J connectivity index is 3.21. The lowest BCUT2D eigenvalue weighted by Crippen LogP contribution is -2.13. The Kier molecular flexibility index (Phi) is 10.5. The first-order valence-corrected chi connectivity index (χ1v) is 7.83. The van der Waals surface area contributed by atoms with E-state index in [0.717, 1.165) is 19.4 Å². The molecule has 3 heteroatoms. The monoisotopic (exact) mass is 256 g/mol. The van der Waals surface area contributed by atoms with E-state index in [0.29, 0.717) is 5.04 Å². The van der Waals surface area contributed by atoms with Crippen molar-refractivity contribution >= 4 is 9.76 Å². The summed E-state index contributed by atoms with van der Waals surface area (Å²) in [5, 5.41) is 8.94. The summed E-state index contributed by atoms with van der Waals surface area (Å²) in [6.07, 6.45) is 12.5. The molecular weight excluding hydrogens is 228 g/mol. The van der Waals surface area contributed by atoms with E-state index in [-0.39, 0.29) is 16.4 Å². The fourth-order valence-electron chi connectivity index (χ4n) is 1.31. The number of rotatable bonds is 9. The van der Waals surface area contributed by atoms with Crippen LogP contribution >= 0.6 is 0 Å². The van der Waals surface area contributed by atoms with Gasteiger partial charge in [-0.2, -0.15) is 0 Å². The molecule has 0 aliphatic carbocycles. The van der Waals surface area contributed by atoms with Crippen LogP contribution in [0.4, 0.5) is 0 Å². The highest BCUT2D eigenvalue weighted by molar-refractivity contribution is 6.31. The van der Waals surface area contributed by atoms with Gasteiger partial charge >= 0.3 is 0 Å². The molecule has 0 unspecified atom stereocenters. The summed E-state index contributed by atoms with van der Waals surface area (Å²) in [7, 11) is -0.355. The Bertz CT molecular complexity index is 217. The maximum absolute atomic E-state index is 8.53. The van der Waals surface area contributed by atoms with E-state index in [9.17, 15) is 0 Å². The number of hydrogen-bond donors (Lipinski definition) is 1. The van der Waals surface area contributed by atoms with E-state index in [1.165, 1.54) is 12.8 Å². The summed E-state index contributed by atoms with van der Waals surface area (Å²) >= 11 is 0. The van der Waals surface area contributed by atoms with Gasteiger partial charge in [-0.1, -0.05) is 45.1 Å². The summed E-state index contributed by atoms with van der Waals surface area (Å²) in [6.45, 7) is 7.83. The van der Waals surface area contributed by atoms with E-state index in [1.807, 2.05) is 6.08 Å². The zero-order valence-corrected chi connectivity index (χ0v) is 13.0. The lowest BCUT2D eigenvalue weighted by Gasteiger charge is -2.16. The van der Waals surface area contributed by atoms with Crippen molar-refractivity contribution in [1.29, 1.82) is 0 Å². The molecule has 1 N–H and O–H groups in total. The van der Waals surface area contributed by atoms with Crippen LogP contribution in [0.1, 0.15) is 46.5 Å². The predicted molar refractivity (Wildman–Crippen MR) is 78.0 cm³/mol. The Morgan fingerprint density at radius 1 is 1.06 bits per heavy atom. The fourth-order valence-corrected chi connectivity index (χ4v) is 2.27. The van der Waals surface area contributed by atoms with Gasteiger partial charge in [0.25, 0.3) is 0 Å². The fraction of sp³-hybridized carbons (Fsp3) is 0.714. The van der Waals surface area contributed by atoms with E-state index in [4.69, 9.17) is 9.53 Å². The van der Waals surface area contributed by atoms with Gasteiger partial charge in [-0.3, -0.25) is 0 Å². The van der Waals surface area contributed by atoms with Crippen LogP contribution in [-0.4, -0.2) is 28.1 Å². The zero-order valence-electron chi connectivity index (χ0n) is 11.6. The molecule has 0 saturated heterocycles. The number of aliphatic hydroxyl groups is 1. The van der Waals surface area contributed by atoms with Crippen molar-refractivity contribution in [2.75, 3.05) is 13.2 Å². The number of unbranched alkanes of at least 4 members (excludes halogenated alkanes) is 2. The molecule has 0 saturated carbocycles. The topological polar surface area (TPSA) is 29.5 Å². The van der Waals surface area contributed by atoms with Gasteiger partial charge in [0.05, 0.1) is 6.61 Å². The Morgan fingerprint density at radius 2 is 1.76 bits per heavy atom. The van der Waals surface area contributed by atoms with Gasteiger partial charge in [-0.15, -0.1) is 0 Å². The van der Waals surface area contributed by atoms with E-state index < -0.39 is 0 Å². The van der Waals surface area contributed by atoms with Crippen LogP contribution < -0.4 is 0 Å². The molecule has 0 rings (SSSR count). The molecule has 0 spiro atoms. The van der Waals surface area contributed by atoms with Crippen LogP contribution in [0.3, 0.4) is 0 Å². The highest BCUT2D eigenvalue weighted by atomic mass is 28.2. The number of hydrogen-bond acceptors (Lipinski definition) is 2. The van der Waals surface area contributed by atoms with E-state index in [1.54, 1.807) is 6.08 Å². The lowest BCUT2D eigenvalue weighted by atomic mass is 10.2. The third-order valence-corrected chi connectivity index (χ3v) is 3.51. The minimum absolute atomic E-state index is 0.142. The molecule has 0 aliphatic rings. The normalized spacial score (nSPS) is 13.6. The average Bonchev–Trinajstić information content (AvgIpc) is 2.24. The highest BCUT2D eigenvalue weighted by Gasteiger charge is 2.10. The maximum Gasteiger partial charge on any atom is 0.166 e. The second-order valence-corrected chi connectivity index (χ2v) is 8.29. The third-order valence-electron chi connectivity index (χ3n) is 2.16. The minimum atomic E-state index is -0.355. The van der Waals surface area contributed by atoms with Crippen LogP contribution in [0, 0.1) is 0 Å². The van der Waals surface area contributed by atoms with Gasteiger partial charge in [-0.25, -0.2) is 0 Å². The molecule has 0 heterocycles. The van der Waals surface area contributed by atoms with E-state index >= 15 is 0 Å². The van der Waals surface area contributed by atoms with Crippen molar-refractivity contribution in [1.82, 2.24) is 0 Å². The van der Waals surface area contributed by atoms with Crippen molar-refractivity contribution in [3.63, 3.8) is 0 Å². The highest BCUT2D eigenvalue weighted by Crippen LogP contribution is 2.19. The Morgan fingerprint density at radius 3 is 2.41 bits per heavy atom. The summed E-state index contributed by atoms with van der Waals surface area (Å²) in [5.41, 5.74) is 0. The largest absolute Gasteiger partial charge is 0.423 e. The van der Waals surface area contributed by atoms with Crippen LogP contribution in [0.25, 0.3) is 0 Å². The molecule has 0 aromatic rings. The maximum atomic E-state index is 8.53. The molecule has 0 bridgehead atoms. The first-order chi connectivity index (χ1) is 8.06.